The van der Waals surface area contributed by atoms with Crippen LogP contribution in [-0.4, -0.2) is 42.1 Å². The molecule has 0 amide bonds. The highest BCUT2D eigenvalue weighted by atomic mass is 32.2. The second-order valence-corrected chi connectivity index (χ2v) is 7.96. The quantitative estimate of drug-likeness (QED) is 0.838. The summed E-state index contributed by atoms with van der Waals surface area (Å²) >= 11 is 1.95. The van der Waals surface area contributed by atoms with Gasteiger partial charge in [-0.1, -0.05) is 12.8 Å². The topological polar surface area (TPSA) is 29.3 Å². The zero-order valence-corrected chi connectivity index (χ0v) is 13.9. The Morgan fingerprint density at radius 2 is 1.68 bits per heavy atom. The summed E-state index contributed by atoms with van der Waals surface area (Å²) < 4.78 is 0. The molecule has 0 radical (unpaired) electrons. The molecule has 0 aromatic heterocycles. The first-order valence-corrected chi connectivity index (χ1v) is 9.39. The van der Waals surface area contributed by atoms with Crippen LogP contribution in [0.15, 0.2) is 0 Å². The van der Waals surface area contributed by atoms with Crippen LogP contribution < -0.4 is 5.73 Å². The molecular weight excluding hydrogens is 252 g/mol. The average molecular weight is 285 g/mol. The van der Waals surface area contributed by atoms with E-state index in [9.17, 15) is 0 Å². The number of rotatable bonds is 5. The minimum atomic E-state index is 0.281. The van der Waals surface area contributed by atoms with E-state index in [4.69, 9.17) is 5.73 Å². The van der Waals surface area contributed by atoms with Gasteiger partial charge in [0.25, 0.3) is 0 Å². The SMILES string of the molecule is CSCC(C)N(C)C1(CN)CCC2(CCCC2)CC1. The molecule has 2 N–H and O–H groups in total. The highest BCUT2D eigenvalue weighted by Crippen LogP contribution is 2.52. The van der Waals surface area contributed by atoms with Gasteiger partial charge in [0.2, 0.25) is 0 Å². The van der Waals surface area contributed by atoms with Crippen molar-refractivity contribution >= 4 is 11.8 Å². The molecule has 2 rings (SSSR count). The predicted octanol–water partition coefficient (Wildman–Crippen LogP) is 3.50. The van der Waals surface area contributed by atoms with Gasteiger partial charge >= 0.3 is 0 Å². The summed E-state index contributed by atoms with van der Waals surface area (Å²) in [6.45, 7) is 3.19. The van der Waals surface area contributed by atoms with Gasteiger partial charge in [-0.05, 0) is 64.2 Å². The van der Waals surface area contributed by atoms with Crippen molar-refractivity contribution in [2.75, 3.05) is 25.6 Å². The lowest BCUT2D eigenvalue weighted by Gasteiger charge is -2.51. The van der Waals surface area contributed by atoms with Crippen LogP contribution in [0.3, 0.4) is 0 Å². The van der Waals surface area contributed by atoms with Gasteiger partial charge in [-0.15, -0.1) is 0 Å². The summed E-state index contributed by atoms with van der Waals surface area (Å²) in [7, 11) is 2.31. The minimum absolute atomic E-state index is 0.281. The summed E-state index contributed by atoms with van der Waals surface area (Å²) in [5.41, 5.74) is 7.20. The number of hydrogen-bond acceptors (Lipinski definition) is 3. The lowest BCUT2D eigenvalue weighted by molar-refractivity contribution is 0.0140. The van der Waals surface area contributed by atoms with E-state index in [1.165, 1.54) is 57.1 Å². The van der Waals surface area contributed by atoms with Crippen LogP contribution in [-0.2, 0) is 0 Å². The van der Waals surface area contributed by atoms with Gasteiger partial charge in [0.15, 0.2) is 0 Å². The van der Waals surface area contributed by atoms with Gasteiger partial charge < -0.3 is 5.73 Å². The van der Waals surface area contributed by atoms with Crippen LogP contribution >= 0.6 is 11.8 Å². The van der Waals surface area contributed by atoms with E-state index in [-0.39, 0.29) is 5.54 Å². The largest absolute Gasteiger partial charge is 0.329 e. The van der Waals surface area contributed by atoms with Gasteiger partial charge in [0.1, 0.15) is 0 Å². The Morgan fingerprint density at radius 1 is 1.11 bits per heavy atom. The Kier molecular flexibility index (Phi) is 5.24. The van der Waals surface area contributed by atoms with E-state index in [1.54, 1.807) is 0 Å². The van der Waals surface area contributed by atoms with Gasteiger partial charge in [0.05, 0.1) is 0 Å². The first-order chi connectivity index (χ1) is 9.07. The summed E-state index contributed by atoms with van der Waals surface area (Å²) in [4.78, 5) is 2.60. The molecule has 0 bridgehead atoms. The predicted molar refractivity (Wildman–Crippen MR) is 86.8 cm³/mol. The van der Waals surface area contributed by atoms with Crippen molar-refractivity contribution in [3.8, 4) is 0 Å². The van der Waals surface area contributed by atoms with Gasteiger partial charge in [0, 0.05) is 23.9 Å². The van der Waals surface area contributed by atoms with Crippen molar-refractivity contribution in [3.05, 3.63) is 0 Å². The third-order valence-electron chi connectivity index (χ3n) is 6.10. The first kappa shape index (κ1) is 15.7. The van der Waals surface area contributed by atoms with Crippen molar-refractivity contribution in [1.29, 1.82) is 0 Å². The normalized spacial score (nSPS) is 27.0. The Hall–Kier alpha value is 0.270. The Bertz CT molecular complexity index is 276. The molecule has 0 aromatic rings. The molecule has 2 aliphatic carbocycles. The van der Waals surface area contributed by atoms with Crippen molar-refractivity contribution in [2.24, 2.45) is 11.1 Å². The van der Waals surface area contributed by atoms with Crippen LogP contribution in [0.1, 0.15) is 58.3 Å². The standard InChI is InChI=1S/C16H32N2S/c1-14(12-19-3)18(2)16(13-17)10-8-15(9-11-16)6-4-5-7-15/h14H,4-13,17H2,1-3H3. The minimum Gasteiger partial charge on any atom is -0.329 e. The van der Waals surface area contributed by atoms with Crippen LogP contribution in [0.25, 0.3) is 0 Å². The lowest BCUT2D eigenvalue weighted by Crippen LogP contribution is -2.58. The summed E-state index contributed by atoms with van der Waals surface area (Å²) in [5.74, 6) is 1.21. The molecule has 2 aliphatic rings. The molecular formula is C16H32N2S. The molecule has 1 unspecified atom stereocenters. The molecule has 1 atom stereocenters. The molecule has 0 aliphatic heterocycles. The van der Waals surface area contributed by atoms with E-state index in [1.807, 2.05) is 11.8 Å². The number of nitrogens with zero attached hydrogens (tertiary/aromatic N) is 1. The lowest BCUT2D eigenvalue weighted by atomic mass is 9.65. The molecule has 2 nitrogen and oxygen atoms in total. The van der Waals surface area contributed by atoms with Crippen LogP contribution in [0.5, 0.6) is 0 Å². The maximum atomic E-state index is 6.21. The number of hydrogen-bond donors (Lipinski definition) is 1. The summed E-state index contributed by atoms with van der Waals surface area (Å²) in [5, 5.41) is 0. The molecule has 1 spiro atoms. The molecule has 19 heavy (non-hydrogen) atoms. The third kappa shape index (κ3) is 3.14. The van der Waals surface area contributed by atoms with E-state index >= 15 is 0 Å². The molecule has 2 saturated carbocycles. The monoisotopic (exact) mass is 284 g/mol. The van der Waals surface area contributed by atoms with Crippen molar-refractivity contribution in [1.82, 2.24) is 4.90 Å². The summed E-state index contributed by atoms with van der Waals surface area (Å²) in [6, 6.07) is 0.635. The van der Waals surface area contributed by atoms with E-state index in [2.05, 4.69) is 25.1 Å². The Morgan fingerprint density at radius 3 is 2.16 bits per heavy atom. The third-order valence-corrected chi connectivity index (χ3v) is 6.92. The van der Waals surface area contributed by atoms with Crippen LogP contribution in [0.4, 0.5) is 0 Å². The number of likely N-dealkylation sites (N-methyl/N-ethyl adjacent to an activating group) is 1. The second-order valence-electron chi connectivity index (χ2n) is 7.05. The fourth-order valence-electron chi connectivity index (χ4n) is 4.39. The smallest absolute Gasteiger partial charge is 0.0332 e. The summed E-state index contributed by atoms with van der Waals surface area (Å²) in [6.07, 6.45) is 13.6. The number of nitrogens with two attached hydrogens (primary N) is 1. The van der Waals surface area contributed by atoms with Gasteiger partial charge in [-0.25, -0.2) is 0 Å². The molecule has 2 fully saturated rings. The van der Waals surface area contributed by atoms with E-state index < -0.39 is 0 Å². The number of thioether (sulfide) groups is 1. The maximum Gasteiger partial charge on any atom is 0.0332 e. The maximum absolute atomic E-state index is 6.21. The second kappa shape index (κ2) is 6.36. The highest BCUT2D eigenvalue weighted by Gasteiger charge is 2.45. The molecule has 0 heterocycles. The zero-order chi connectivity index (χ0) is 13.9. The highest BCUT2D eigenvalue weighted by molar-refractivity contribution is 7.98. The molecule has 0 aromatic carbocycles. The van der Waals surface area contributed by atoms with Crippen LogP contribution in [0.2, 0.25) is 0 Å². The zero-order valence-electron chi connectivity index (χ0n) is 13.1. The fourth-order valence-corrected chi connectivity index (χ4v) is 5.10. The first-order valence-electron chi connectivity index (χ1n) is 7.99. The Balaban J connectivity index is 2.00. The van der Waals surface area contributed by atoms with Gasteiger partial charge in [-0.3, -0.25) is 4.90 Å². The molecule has 3 heteroatoms. The van der Waals surface area contributed by atoms with E-state index in [0.717, 1.165) is 6.54 Å². The van der Waals surface area contributed by atoms with Crippen molar-refractivity contribution in [2.45, 2.75) is 69.9 Å². The molecule has 0 saturated heterocycles. The Labute approximate surface area is 123 Å². The average Bonchev–Trinajstić information content (AvgIpc) is 2.88. The van der Waals surface area contributed by atoms with Crippen LogP contribution in [0, 0.1) is 5.41 Å². The van der Waals surface area contributed by atoms with Gasteiger partial charge in [-0.2, -0.15) is 11.8 Å². The van der Waals surface area contributed by atoms with E-state index in [0.29, 0.717) is 11.5 Å². The fraction of sp³-hybridized carbons (Fsp3) is 1.00. The molecule has 112 valence electrons. The van der Waals surface area contributed by atoms with Crippen molar-refractivity contribution < 1.29 is 0 Å². The van der Waals surface area contributed by atoms with Crippen molar-refractivity contribution in [3.63, 3.8) is 0 Å².